The number of aromatic nitrogens is 1. The minimum Gasteiger partial charge on any atom is -0.486 e. The maximum Gasteiger partial charge on any atom is 0.140 e. The Kier molecular flexibility index (Phi) is 5.19. The van der Waals surface area contributed by atoms with E-state index in [1.165, 1.54) is 4.88 Å². The molecule has 102 valence electrons. The molecule has 0 bridgehead atoms. The van der Waals surface area contributed by atoms with Gasteiger partial charge in [-0.1, -0.05) is 24.6 Å². The van der Waals surface area contributed by atoms with E-state index in [1.807, 2.05) is 31.3 Å². The second-order valence-electron chi connectivity index (χ2n) is 4.11. The van der Waals surface area contributed by atoms with Crippen molar-refractivity contribution in [3.8, 4) is 5.75 Å². The van der Waals surface area contributed by atoms with Gasteiger partial charge in [-0.15, -0.1) is 11.3 Å². The molecular weight excluding hydrogens is 280 g/mol. The highest BCUT2D eigenvalue weighted by molar-refractivity contribution is 7.11. The molecule has 0 aliphatic carbocycles. The monoisotopic (exact) mass is 296 g/mol. The summed E-state index contributed by atoms with van der Waals surface area (Å²) < 4.78 is 5.71. The van der Waals surface area contributed by atoms with Crippen molar-refractivity contribution in [1.82, 2.24) is 10.3 Å². The van der Waals surface area contributed by atoms with Gasteiger partial charge in [0.05, 0.1) is 5.69 Å². The van der Waals surface area contributed by atoms with Crippen LogP contribution in [0.4, 0.5) is 0 Å². The zero-order valence-corrected chi connectivity index (χ0v) is 12.6. The normalized spacial score (nSPS) is 10.7. The Balaban J connectivity index is 2.03. The van der Waals surface area contributed by atoms with Gasteiger partial charge in [-0.2, -0.15) is 0 Å². The molecule has 0 amide bonds. The number of nitrogens with one attached hydrogen (secondary N) is 1. The SMILES string of the molecule is CCc1nc(COc2cccc(Cl)c2)sc1CNC. The number of rotatable bonds is 6. The van der Waals surface area contributed by atoms with Gasteiger partial charge >= 0.3 is 0 Å². The van der Waals surface area contributed by atoms with Crippen LogP contribution in [0.1, 0.15) is 22.5 Å². The maximum atomic E-state index is 5.92. The van der Waals surface area contributed by atoms with Crippen molar-refractivity contribution in [2.75, 3.05) is 7.05 Å². The predicted octanol–water partition coefficient (Wildman–Crippen LogP) is 3.66. The van der Waals surface area contributed by atoms with E-state index in [9.17, 15) is 0 Å². The average Bonchev–Trinajstić information content (AvgIpc) is 2.79. The van der Waals surface area contributed by atoms with Gasteiger partial charge in [0.1, 0.15) is 17.4 Å². The smallest absolute Gasteiger partial charge is 0.140 e. The average molecular weight is 297 g/mol. The van der Waals surface area contributed by atoms with E-state index in [4.69, 9.17) is 16.3 Å². The molecule has 0 atom stereocenters. The Hall–Kier alpha value is -1.10. The summed E-state index contributed by atoms with van der Waals surface area (Å²) in [4.78, 5) is 5.89. The van der Waals surface area contributed by atoms with E-state index in [-0.39, 0.29) is 0 Å². The van der Waals surface area contributed by atoms with Crippen LogP contribution in [0.25, 0.3) is 0 Å². The first-order chi connectivity index (χ1) is 9.22. The highest BCUT2D eigenvalue weighted by Gasteiger charge is 2.09. The molecule has 1 N–H and O–H groups in total. The van der Waals surface area contributed by atoms with Crippen molar-refractivity contribution in [3.05, 3.63) is 44.9 Å². The molecule has 2 aromatic rings. The first kappa shape index (κ1) is 14.3. The second kappa shape index (κ2) is 6.89. The molecule has 0 aliphatic heterocycles. The van der Waals surface area contributed by atoms with Crippen molar-refractivity contribution in [1.29, 1.82) is 0 Å². The quantitative estimate of drug-likeness (QED) is 0.883. The fourth-order valence-corrected chi connectivity index (χ4v) is 3.04. The molecule has 0 fully saturated rings. The van der Waals surface area contributed by atoms with Crippen LogP contribution in [-0.4, -0.2) is 12.0 Å². The number of nitrogens with zero attached hydrogens (tertiary/aromatic N) is 1. The Morgan fingerprint density at radius 2 is 2.26 bits per heavy atom. The summed E-state index contributed by atoms with van der Waals surface area (Å²) in [5, 5.41) is 4.85. The molecule has 3 nitrogen and oxygen atoms in total. The lowest BCUT2D eigenvalue weighted by Crippen LogP contribution is -2.05. The number of hydrogen-bond acceptors (Lipinski definition) is 4. The molecule has 0 aliphatic rings. The summed E-state index contributed by atoms with van der Waals surface area (Å²) in [7, 11) is 1.95. The number of ether oxygens (including phenoxy) is 1. The first-order valence-corrected chi connectivity index (χ1v) is 7.42. The Bertz CT molecular complexity index is 542. The van der Waals surface area contributed by atoms with Crippen LogP contribution < -0.4 is 10.1 Å². The molecule has 0 saturated carbocycles. The topological polar surface area (TPSA) is 34.1 Å². The molecule has 1 heterocycles. The minimum atomic E-state index is 0.488. The molecule has 1 aromatic heterocycles. The van der Waals surface area contributed by atoms with Crippen molar-refractivity contribution in [2.45, 2.75) is 26.5 Å². The van der Waals surface area contributed by atoms with Crippen LogP contribution >= 0.6 is 22.9 Å². The van der Waals surface area contributed by atoms with Crippen molar-refractivity contribution >= 4 is 22.9 Å². The van der Waals surface area contributed by atoms with Gasteiger partial charge < -0.3 is 10.1 Å². The molecule has 0 spiro atoms. The molecule has 0 unspecified atom stereocenters. The van der Waals surface area contributed by atoms with Crippen molar-refractivity contribution in [3.63, 3.8) is 0 Å². The lowest BCUT2D eigenvalue weighted by atomic mass is 10.3. The van der Waals surface area contributed by atoms with E-state index in [1.54, 1.807) is 11.3 Å². The van der Waals surface area contributed by atoms with E-state index in [2.05, 4.69) is 17.2 Å². The van der Waals surface area contributed by atoms with Gasteiger partial charge in [-0.3, -0.25) is 0 Å². The van der Waals surface area contributed by atoms with E-state index in [0.717, 1.165) is 29.4 Å². The summed E-state index contributed by atoms with van der Waals surface area (Å²) in [6.45, 7) is 3.47. The van der Waals surface area contributed by atoms with E-state index in [0.29, 0.717) is 11.6 Å². The Morgan fingerprint density at radius 3 is 2.95 bits per heavy atom. The third-order valence-corrected chi connectivity index (χ3v) is 3.96. The summed E-state index contributed by atoms with van der Waals surface area (Å²) in [6.07, 6.45) is 0.949. The Morgan fingerprint density at radius 1 is 1.42 bits per heavy atom. The molecule has 2 rings (SSSR count). The fraction of sp³-hybridized carbons (Fsp3) is 0.357. The van der Waals surface area contributed by atoms with Crippen LogP contribution in [0.15, 0.2) is 24.3 Å². The molecule has 5 heteroatoms. The van der Waals surface area contributed by atoms with Crippen LogP contribution in [0.5, 0.6) is 5.75 Å². The van der Waals surface area contributed by atoms with Crippen LogP contribution in [0.3, 0.4) is 0 Å². The summed E-state index contributed by atoms with van der Waals surface area (Å²) in [5.74, 6) is 0.774. The number of hydrogen-bond donors (Lipinski definition) is 1. The van der Waals surface area contributed by atoms with Crippen molar-refractivity contribution in [2.24, 2.45) is 0 Å². The number of halogens is 1. The van der Waals surface area contributed by atoms with E-state index >= 15 is 0 Å². The number of benzene rings is 1. The van der Waals surface area contributed by atoms with Gasteiger partial charge in [0.25, 0.3) is 0 Å². The fourth-order valence-electron chi connectivity index (χ4n) is 1.78. The van der Waals surface area contributed by atoms with E-state index < -0.39 is 0 Å². The summed E-state index contributed by atoms with van der Waals surface area (Å²) in [6, 6.07) is 7.42. The van der Waals surface area contributed by atoms with Crippen LogP contribution in [-0.2, 0) is 19.6 Å². The molecule has 19 heavy (non-hydrogen) atoms. The largest absolute Gasteiger partial charge is 0.486 e. The van der Waals surface area contributed by atoms with Gasteiger partial charge in [0.2, 0.25) is 0 Å². The highest BCUT2D eigenvalue weighted by Crippen LogP contribution is 2.22. The molecule has 0 radical (unpaired) electrons. The highest BCUT2D eigenvalue weighted by atomic mass is 35.5. The maximum absolute atomic E-state index is 5.92. The summed E-state index contributed by atoms with van der Waals surface area (Å²) in [5.41, 5.74) is 1.16. The predicted molar refractivity (Wildman–Crippen MR) is 80.0 cm³/mol. The third-order valence-electron chi connectivity index (χ3n) is 2.65. The second-order valence-corrected chi connectivity index (χ2v) is 5.71. The molecule has 1 aromatic carbocycles. The lowest BCUT2D eigenvalue weighted by molar-refractivity contribution is 0.305. The standard InChI is InChI=1S/C14H17ClN2OS/c1-3-12-13(8-16-2)19-14(17-12)9-18-11-6-4-5-10(15)7-11/h4-7,16H,3,8-9H2,1-2H3. The van der Waals surface area contributed by atoms with Gasteiger partial charge in [-0.05, 0) is 31.7 Å². The van der Waals surface area contributed by atoms with Crippen molar-refractivity contribution < 1.29 is 4.74 Å². The number of aryl methyl sites for hydroxylation is 1. The van der Waals surface area contributed by atoms with Crippen LogP contribution in [0, 0.1) is 0 Å². The van der Waals surface area contributed by atoms with Crippen LogP contribution in [0.2, 0.25) is 5.02 Å². The number of thiazole rings is 1. The van der Waals surface area contributed by atoms with Gasteiger partial charge in [0, 0.05) is 16.4 Å². The molecule has 0 saturated heterocycles. The van der Waals surface area contributed by atoms with Gasteiger partial charge in [-0.25, -0.2) is 4.98 Å². The zero-order chi connectivity index (χ0) is 13.7. The molecular formula is C14H17ClN2OS. The Labute approximate surface area is 122 Å². The summed E-state index contributed by atoms with van der Waals surface area (Å²) >= 11 is 7.62. The zero-order valence-electron chi connectivity index (χ0n) is 11.1. The third kappa shape index (κ3) is 3.93. The minimum absolute atomic E-state index is 0.488. The first-order valence-electron chi connectivity index (χ1n) is 6.23. The lowest BCUT2D eigenvalue weighted by Gasteiger charge is -2.03. The van der Waals surface area contributed by atoms with Gasteiger partial charge in [0.15, 0.2) is 0 Å².